The zero-order valence-electron chi connectivity index (χ0n) is 7.82. The number of para-hydroxylation sites is 1. The van der Waals surface area contributed by atoms with Crippen molar-refractivity contribution in [2.75, 3.05) is 0 Å². The Bertz CT molecular complexity index is 610. The van der Waals surface area contributed by atoms with Crippen LogP contribution >= 0.6 is 0 Å². The van der Waals surface area contributed by atoms with E-state index in [9.17, 15) is 0 Å². The van der Waals surface area contributed by atoms with Crippen molar-refractivity contribution in [3.8, 4) is 0 Å². The normalized spacial score (nSPS) is 11.2. The molecule has 0 spiro atoms. The number of aryl methyl sites for hydroxylation is 1. The van der Waals surface area contributed by atoms with Crippen LogP contribution in [0.4, 0.5) is 0 Å². The van der Waals surface area contributed by atoms with E-state index in [4.69, 9.17) is 4.42 Å². The molecule has 0 N–H and O–H groups in total. The first-order chi connectivity index (χ1) is 6.84. The molecule has 2 heteroatoms. The Morgan fingerprint density at radius 3 is 3.00 bits per heavy atom. The highest BCUT2D eigenvalue weighted by atomic mass is 16.3. The molecule has 14 heavy (non-hydrogen) atoms. The van der Waals surface area contributed by atoms with E-state index < -0.39 is 0 Å². The van der Waals surface area contributed by atoms with Gasteiger partial charge in [-0.15, -0.1) is 0 Å². The number of nitrogens with zero attached hydrogens (tertiary/aromatic N) is 1. The van der Waals surface area contributed by atoms with Crippen LogP contribution in [0, 0.1) is 6.92 Å². The highest BCUT2D eigenvalue weighted by Crippen LogP contribution is 2.22. The Kier molecular flexibility index (Phi) is 1.39. The van der Waals surface area contributed by atoms with Gasteiger partial charge in [0.25, 0.3) is 0 Å². The van der Waals surface area contributed by atoms with Crippen molar-refractivity contribution in [2.24, 2.45) is 0 Å². The second-order valence-corrected chi connectivity index (χ2v) is 3.45. The second kappa shape index (κ2) is 2.58. The molecule has 0 radical (unpaired) electrons. The van der Waals surface area contributed by atoms with Crippen molar-refractivity contribution in [1.29, 1.82) is 0 Å². The molecule has 0 fully saturated rings. The third kappa shape index (κ3) is 0.940. The molecule has 2 nitrogen and oxygen atoms in total. The maximum atomic E-state index is 5.27. The van der Waals surface area contributed by atoms with E-state index in [1.165, 1.54) is 10.9 Å². The third-order valence-electron chi connectivity index (χ3n) is 2.47. The van der Waals surface area contributed by atoms with Crippen molar-refractivity contribution >= 4 is 22.0 Å². The summed E-state index contributed by atoms with van der Waals surface area (Å²) in [6.45, 7) is 2.06. The molecule has 0 aliphatic carbocycles. The molecule has 3 rings (SSSR count). The zero-order chi connectivity index (χ0) is 9.54. The van der Waals surface area contributed by atoms with Crippen molar-refractivity contribution in [2.45, 2.75) is 6.92 Å². The molecule has 0 aliphatic heterocycles. The average Bonchev–Trinajstić information content (AvgIpc) is 2.62. The monoisotopic (exact) mass is 183 g/mol. The summed E-state index contributed by atoms with van der Waals surface area (Å²) in [5, 5.41) is 2.22. The van der Waals surface area contributed by atoms with Gasteiger partial charge >= 0.3 is 0 Å². The van der Waals surface area contributed by atoms with Crippen molar-refractivity contribution in [3.05, 3.63) is 42.2 Å². The molecule has 2 heterocycles. The van der Waals surface area contributed by atoms with Gasteiger partial charge in [-0.2, -0.15) is 0 Å². The third-order valence-corrected chi connectivity index (χ3v) is 2.47. The smallest absolute Gasteiger partial charge is 0.226 e. The molecule has 0 unspecified atom stereocenters. The van der Waals surface area contributed by atoms with Gasteiger partial charge in [0.15, 0.2) is 0 Å². The Labute approximate surface area is 81.2 Å². The molecule has 0 amide bonds. The summed E-state index contributed by atoms with van der Waals surface area (Å²) in [5.41, 5.74) is 2.92. The van der Waals surface area contributed by atoms with Crippen LogP contribution in [0.25, 0.3) is 22.0 Å². The first-order valence-corrected chi connectivity index (χ1v) is 4.58. The SMILES string of the molecule is Cc1cccc2cc3ccoc3nc12. The largest absolute Gasteiger partial charge is 0.446 e. The van der Waals surface area contributed by atoms with Crippen LogP contribution in [0.2, 0.25) is 0 Å². The van der Waals surface area contributed by atoms with Crippen LogP contribution in [-0.2, 0) is 0 Å². The zero-order valence-corrected chi connectivity index (χ0v) is 7.82. The van der Waals surface area contributed by atoms with Gasteiger partial charge in [-0.05, 0) is 24.6 Å². The van der Waals surface area contributed by atoms with Gasteiger partial charge in [0.1, 0.15) is 0 Å². The summed E-state index contributed by atoms with van der Waals surface area (Å²) in [5.74, 6) is 0. The molecule has 2 aromatic heterocycles. The molecule has 0 saturated carbocycles. The highest BCUT2D eigenvalue weighted by Gasteiger charge is 2.02. The quantitative estimate of drug-likeness (QED) is 0.534. The van der Waals surface area contributed by atoms with Gasteiger partial charge in [0.2, 0.25) is 5.71 Å². The fraction of sp³-hybridized carbons (Fsp3) is 0.0833. The predicted octanol–water partition coefficient (Wildman–Crippen LogP) is 3.29. The van der Waals surface area contributed by atoms with Gasteiger partial charge in [0.05, 0.1) is 11.8 Å². The van der Waals surface area contributed by atoms with E-state index in [2.05, 4.69) is 30.1 Å². The maximum absolute atomic E-state index is 5.27. The van der Waals surface area contributed by atoms with E-state index in [1.807, 2.05) is 12.1 Å². The van der Waals surface area contributed by atoms with Crippen LogP contribution < -0.4 is 0 Å². The molecule has 0 aliphatic rings. The Morgan fingerprint density at radius 1 is 1.14 bits per heavy atom. The lowest BCUT2D eigenvalue weighted by Crippen LogP contribution is -1.82. The van der Waals surface area contributed by atoms with Gasteiger partial charge in [0, 0.05) is 10.8 Å². The lowest BCUT2D eigenvalue weighted by atomic mass is 10.1. The average molecular weight is 183 g/mol. The van der Waals surface area contributed by atoms with Gasteiger partial charge in [-0.3, -0.25) is 0 Å². The number of pyridine rings is 1. The van der Waals surface area contributed by atoms with Crippen LogP contribution in [-0.4, -0.2) is 4.98 Å². The Morgan fingerprint density at radius 2 is 2.07 bits per heavy atom. The fourth-order valence-electron chi connectivity index (χ4n) is 1.73. The summed E-state index contributed by atoms with van der Waals surface area (Å²) in [6, 6.07) is 10.2. The van der Waals surface area contributed by atoms with E-state index in [0.717, 1.165) is 10.9 Å². The minimum Gasteiger partial charge on any atom is -0.446 e. The van der Waals surface area contributed by atoms with Gasteiger partial charge < -0.3 is 4.42 Å². The van der Waals surface area contributed by atoms with Gasteiger partial charge in [-0.1, -0.05) is 18.2 Å². The first kappa shape index (κ1) is 7.56. The molecular weight excluding hydrogens is 174 g/mol. The van der Waals surface area contributed by atoms with Crippen molar-refractivity contribution < 1.29 is 4.42 Å². The Hall–Kier alpha value is -1.83. The molecular formula is C12H9NO. The number of furan rings is 1. The number of aromatic nitrogens is 1. The number of hydrogen-bond acceptors (Lipinski definition) is 2. The fourth-order valence-corrected chi connectivity index (χ4v) is 1.73. The summed E-state index contributed by atoms with van der Waals surface area (Å²) in [6.07, 6.45) is 1.67. The summed E-state index contributed by atoms with van der Waals surface area (Å²) >= 11 is 0. The summed E-state index contributed by atoms with van der Waals surface area (Å²) in [4.78, 5) is 4.47. The maximum Gasteiger partial charge on any atom is 0.226 e. The Balaban J connectivity index is 2.57. The summed E-state index contributed by atoms with van der Waals surface area (Å²) < 4.78 is 5.27. The number of benzene rings is 1. The molecule has 3 aromatic rings. The van der Waals surface area contributed by atoms with Crippen LogP contribution in [0.15, 0.2) is 41.0 Å². The minimum absolute atomic E-state index is 0.715. The molecule has 0 atom stereocenters. The van der Waals surface area contributed by atoms with Crippen LogP contribution in [0.1, 0.15) is 5.56 Å². The van der Waals surface area contributed by atoms with E-state index in [-0.39, 0.29) is 0 Å². The summed E-state index contributed by atoms with van der Waals surface area (Å²) in [7, 11) is 0. The minimum atomic E-state index is 0.715. The van der Waals surface area contributed by atoms with E-state index in [1.54, 1.807) is 6.26 Å². The van der Waals surface area contributed by atoms with Crippen LogP contribution in [0.5, 0.6) is 0 Å². The number of fused-ring (bicyclic) bond motifs is 2. The topological polar surface area (TPSA) is 26.0 Å². The van der Waals surface area contributed by atoms with Crippen molar-refractivity contribution in [1.82, 2.24) is 4.98 Å². The molecule has 68 valence electrons. The first-order valence-electron chi connectivity index (χ1n) is 4.58. The van der Waals surface area contributed by atoms with Crippen molar-refractivity contribution in [3.63, 3.8) is 0 Å². The van der Waals surface area contributed by atoms with Crippen LogP contribution in [0.3, 0.4) is 0 Å². The molecule has 0 bridgehead atoms. The molecule has 0 saturated heterocycles. The predicted molar refractivity (Wildman–Crippen MR) is 56.3 cm³/mol. The highest BCUT2D eigenvalue weighted by molar-refractivity contribution is 5.91. The van der Waals surface area contributed by atoms with E-state index in [0.29, 0.717) is 5.71 Å². The number of hydrogen-bond donors (Lipinski definition) is 0. The number of rotatable bonds is 0. The second-order valence-electron chi connectivity index (χ2n) is 3.45. The van der Waals surface area contributed by atoms with E-state index >= 15 is 0 Å². The lowest BCUT2D eigenvalue weighted by Gasteiger charge is -1.99. The molecule has 1 aromatic carbocycles. The lowest BCUT2D eigenvalue weighted by molar-refractivity contribution is 0.604. The van der Waals surface area contributed by atoms with Gasteiger partial charge in [-0.25, -0.2) is 4.98 Å². The standard InChI is InChI=1S/C12H9NO/c1-8-3-2-4-9-7-10-5-6-14-12(10)13-11(8)9/h2-7H,1H3.